The molecule has 31 heavy (non-hydrogen) atoms. The summed E-state index contributed by atoms with van der Waals surface area (Å²) < 4.78 is 6.73. The zero-order valence-electron chi connectivity index (χ0n) is 17.8. The summed E-state index contributed by atoms with van der Waals surface area (Å²) in [7, 11) is 0. The third kappa shape index (κ3) is 5.24. The summed E-state index contributed by atoms with van der Waals surface area (Å²) in [6, 6.07) is 10.4. The van der Waals surface area contributed by atoms with Gasteiger partial charge in [0, 0.05) is 11.4 Å². The van der Waals surface area contributed by atoms with Crippen LogP contribution in [0.15, 0.2) is 41.2 Å². The Kier molecular flexibility index (Phi) is 6.96. The second-order valence-electron chi connectivity index (χ2n) is 7.10. The van der Waals surface area contributed by atoms with Gasteiger partial charge in [0.25, 0.3) is 0 Å². The van der Waals surface area contributed by atoms with E-state index in [0.717, 1.165) is 16.9 Å². The molecular formula is C22H24N4O4S. The number of carbonyl (C=O) groups excluding carboxylic acids is 2. The van der Waals surface area contributed by atoms with E-state index in [1.54, 1.807) is 26.8 Å². The molecule has 1 atom stereocenters. The minimum absolute atomic E-state index is 0.152. The molecule has 9 heteroatoms. The Labute approximate surface area is 183 Å². The summed E-state index contributed by atoms with van der Waals surface area (Å²) >= 11 is 1.04. The molecule has 0 radical (unpaired) electrons. The summed E-state index contributed by atoms with van der Waals surface area (Å²) in [6.45, 7) is 7.15. The highest BCUT2D eigenvalue weighted by Gasteiger charge is 2.24. The van der Waals surface area contributed by atoms with Crippen molar-refractivity contribution in [2.75, 3.05) is 5.32 Å². The second kappa shape index (κ2) is 9.65. The fraction of sp³-hybridized carbons (Fsp3) is 0.318. The van der Waals surface area contributed by atoms with Crippen molar-refractivity contribution in [1.82, 2.24) is 14.5 Å². The molecule has 3 aromatic rings. The molecule has 1 amide bonds. The van der Waals surface area contributed by atoms with Crippen molar-refractivity contribution in [3.63, 3.8) is 0 Å². The lowest BCUT2D eigenvalue weighted by Crippen LogP contribution is -2.36. The molecule has 0 saturated heterocycles. The maximum atomic E-state index is 12.9. The highest BCUT2D eigenvalue weighted by molar-refractivity contribution is 7.17. The SMILES string of the molecule is CCC(C(=O)Nc1nc(C)c(C(=O)OCc2ccccc2)s1)n1c(C)cc(C)nc1=O. The number of esters is 1. The van der Waals surface area contributed by atoms with E-state index in [-0.39, 0.29) is 11.7 Å². The molecule has 2 aromatic heterocycles. The molecule has 8 nitrogen and oxygen atoms in total. The van der Waals surface area contributed by atoms with Crippen molar-refractivity contribution in [2.24, 2.45) is 0 Å². The van der Waals surface area contributed by atoms with Crippen molar-refractivity contribution in [2.45, 2.75) is 46.8 Å². The number of aromatic nitrogens is 3. The van der Waals surface area contributed by atoms with Gasteiger partial charge in [-0.25, -0.2) is 14.6 Å². The number of hydrogen-bond donors (Lipinski definition) is 1. The molecule has 0 saturated carbocycles. The topological polar surface area (TPSA) is 103 Å². The van der Waals surface area contributed by atoms with Crippen LogP contribution < -0.4 is 11.0 Å². The first-order chi connectivity index (χ1) is 14.8. The number of hydrogen-bond acceptors (Lipinski definition) is 7. The molecule has 0 aliphatic carbocycles. The summed E-state index contributed by atoms with van der Waals surface area (Å²) in [5.41, 5.74) is 2.13. The Morgan fingerprint density at radius 2 is 1.87 bits per heavy atom. The van der Waals surface area contributed by atoms with Gasteiger partial charge >= 0.3 is 11.7 Å². The van der Waals surface area contributed by atoms with Gasteiger partial charge in [-0.3, -0.25) is 9.36 Å². The van der Waals surface area contributed by atoms with Crippen LogP contribution in [-0.4, -0.2) is 26.4 Å². The van der Waals surface area contributed by atoms with Crippen LogP contribution >= 0.6 is 11.3 Å². The Hall–Kier alpha value is -3.33. The molecule has 0 aliphatic heterocycles. The summed E-state index contributed by atoms with van der Waals surface area (Å²) in [6.07, 6.45) is 0.396. The standard InChI is InChI=1S/C22H24N4O4S/c1-5-17(26-14(3)11-13(2)23-22(26)29)19(27)25-21-24-15(4)18(31-21)20(28)30-12-16-9-7-6-8-10-16/h6-11,17H,5,12H2,1-4H3,(H,24,25,27). The van der Waals surface area contributed by atoms with Gasteiger partial charge in [0.2, 0.25) is 5.91 Å². The Balaban J connectivity index is 1.73. The normalized spacial score (nSPS) is 11.7. The Bertz CT molecular complexity index is 1150. The molecule has 1 aromatic carbocycles. The maximum absolute atomic E-state index is 12.9. The lowest BCUT2D eigenvalue weighted by atomic mass is 10.2. The van der Waals surface area contributed by atoms with Crippen LogP contribution in [0, 0.1) is 20.8 Å². The summed E-state index contributed by atoms with van der Waals surface area (Å²) in [5.74, 6) is -0.891. The zero-order chi connectivity index (χ0) is 22.5. The van der Waals surface area contributed by atoms with Gasteiger partial charge in [-0.15, -0.1) is 0 Å². The summed E-state index contributed by atoms with van der Waals surface area (Å²) in [4.78, 5) is 46.2. The van der Waals surface area contributed by atoms with Gasteiger partial charge in [-0.2, -0.15) is 4.98 Å². The number of nitrogens with zero attached hydrogens (tertiary/aromatic N) is 3. The van der Waals surface area contributed by atoms with Crippen LogP contribution in [0.3, 0.4) is 0 Å². The molecule has 162 valence electrons. The molecule has 1 unspecified atom stereocenters. The predicted octanol–water partition coefficient (Wildman–Crippen LogP) is 3.57. The number of anilines is 1. The van der Waals surface area contributed by atoms with Crippen molar-refractivity contribution >= 4 is 28.3 Å². The Morgan fingerprint density at radius 3 is 2.52 bits per heavy atom. The number of thiazole rings is 1. The van der Waals surface area contributed by atoms with Gasteiger partial charge in [-0.1, -0.05) is 48.6 Å². The molecule has 0 spiro atoms. The average Bonchev–Trinajstić information content (AvgIpc) is 3.09. The molecular weight excluding hydrogens is 416 g/mol. The Morgan fingerprint density at radius 1 is 1.16 bits per heavy atom. The first kappa shape index (κ1) is 22.4. The van der Waals surface area contributed by atoms with E-state index in [1.807, 2.05) is 37.3 Å². The van der Waals surface area contributed by atoms with Crippen LogP contribution in [0.5, 0.6) is 0 Å². The van der Waals surface area contributed by atoms with E-state index >= 15 is 0 Å². The number of aryl methyl sites for hydroxylation is 3. The minimum atomic E-state index is -0.738. The van der Waals surface area contributed by atoms with E-state index in [9.17, 15) is 14.4 Å². The van der Waals surface area contributed by atoms with Crippen LogP contribution in [0.2, 0.25) is 0 Å². The monoisotopic (exact) mass is 440 g/mol. The minimum Gasteiger partial charge on any atom is -0.457 e. The number of ether oxygens (including phenoxy) is 1. The first-order valence-electron chi connectivity index (χ1n) is 9.86. The zero-order valence-corrected chi connectivity index (χ0v) is 18.7. The predicted molar refractivity (Wildman–Crippen MR) is 118 cm³/mol. The first-order valence-corrected chi connectivity index (χ1v) is 10.7. The molecule has 1 N–H and O–H groups in total. The van der Waals surface area contributed by atoms with Crippen LogP contribution in [0.4, 0.5) is 5.13 Å². The second-order valence-corrected chi connectivity index (χ2v) is 8.10. The highest BCUT2D eigenvalue weighted by Crippen LogP contribution is 2.25. The third-order valence-corrected chi connectivity index (χ3v) is 5.75. The molecule has 3 rings (SSSR count). The van der Waals surface area contributed by atoms with E-state index in [2.05, 4.69) is 15.3 Å². The number of nitrogens with one attached hydrogen (secondary N) is 1. The maximum Gasteiger partial charge on any atom is 0.350 e. The fourth-order valence-electron chi connectivity index (χ4n) is 3.24. The van der Waals surface area contributed by atoms with E-state index in [1.165, 1.54) is 4.57 Å². The van der Waals surface area contributed by atoms with Crippen molar-refractivity contribution < 1.29 is 14.3 Å². The highest BCUT2D eigenvalue weighted by atomic mass is 32.1. The van der Waals surface area contributed by atoms with E-state index in [0.29, 0.717) is 28.4 Å². The van der Waals surface area contributed by atoms with Crippen LogP contribution in [-0.2, 0) is 16.1 Å². The number of benzene rings is 1. The van der Waals surface area contributed by atoms with Gasteiger partial charge in [0.05, 0.1) is 5.69 Å². The fourth-order valence-corrected chi connectivity index (χ4v) is 4.10. The molecule has 0 fully saturated rings. The smallest absolute Gasteiger partial charge is 0.350 e. The van der Waals surface area contributed by atoms with Gasteiger partial charge < -0.3 is 10.1 Å². The third-order valence-electron chi connectivity index (χ3n) is 4.70. The van der Waals surface area contributed by atoms with Crippen molar-refractivity contribution in [1.29, 1.82) is 0 Å². The quantitative estimate of drug-likeness (QED) is 0.564. The lowest BCUT2D eigenvalue weighted by molar-refractivity contribution is -0.119. The number of carbonyl (C=O) groups is 2. The summed E-state index contributed by atoms with van der Waals surface area (Å²) in [5, 5.41) is 3.00. The molecule has 0 bridgehead atoms. The van der Waals surface area contributed by atoms with Crippen molar-refractivity contribution in [3.8, 4) is 0 Å². The van der Waals surface area contributed by atoms with Crippen LogP contribution in [0.1, 0.15) is 51.7 Å². The van der Waals surface area contributed by atoms with E-state index in [4.69, 9.17) is 4.74 Å². The lowest BCUT2D eigenvalue weighted by Gasteiger charge is -2.19. The largest absolute Gasteiger partial charge is 0.457 e. The molecule has 2 heterocycles. The molecule has 0 aliphatic rings. The number of amides is 1. The van der Waals surface area contributed by atoms with Gasteiger partial charge in [0.15, 0.2) is 5.13 Å². The van der Waals surface area contributed by atoms with Gasteiger partial charge in [-0.05, 0) is 38.8 Å². The number of rotatable bonds is 7. The van der Waals surface area contributed by atoms with Crippen LogP contribution in [0.25, 0.3) is 0 Å². The van der Waals surface area contributed by atoms with E-state index < -0.39 is 23.6 Å². The van der Waals surface area contributed by atoms with Crippen molar-refractivity contribution in [3.05, 3.63) is 74.4 Å². The average molecular weight is 441 g/mol. The van der Waals surface area contributed by atoms with Gasteiger partial charge in [0.1, 0.15) is 17.5 Å².